The molecule has 0 spiro atoms. The number of rotatable bonds is 6. The molecule has 0 amide bonds. The predicted molar refractivity (Wildman–Crippen MR) is 60.4 cm³/mol. The van der Waals surface area contributed by atoms with Gasteiger partial charge >= 0.3 is 0 Å². The van der Waals surface area contributed by atoms with Gasteiger partial charge in [-0.2, -0.15) is 0 Å². The van der Waals surface area contributed by atoms with Crippen LogP contribution >= 0.6 is 0 Å². The van der Waals surface area contributed by atoms with E-state index in [2.05, 4.69) is 20.2 Å². The molecule has 0 saturated heterocycles. The second-order valence-corrected chi connectivity index (χ2v) is 3.30. The first-order chi connectivity index (χ1) is 7.27. The van der Waals surface area contributed by atoms with Crippen LogP contribution in [0.2, 0.25) is 0 Å². The Labute approximate surface area is 90.5 Å². The van der Waals surface area contributed by atoms with Crippen molar-refractivity contribution >= 4 is 5.82 Å². The van der Waals surface area contributed by atoms with Crippen LogP contribution in [0.4, 0.5) is 5.82 Å². The first-order valence-electron chi connectivity index (χ1n) is 4.99. The zero-order valence-electron chi connectivity index (χ0n) is 9.53. The number of ether oxygens (including phenoxy) is 1. The molecular formula is C10H18N4O. The molecule has 0 radical (unpaired) electrons. The molecule has 1 aromatic rings. The summed E-state index contributed by atoms with van der Waals surface area (Å²) in [5.74, 6) is 1.48. The van der Waals surface area contributed by atoms with Crippen molar-refractivity contribution in [1.82, 2.24) is 15.3 Å². The maximum Gasteiger partial charge on any atom is 0.218 e. The van der Waals surface area contributed by atoms with Gasteiger partial charge in [0.2, 0.25) is 5.88 Å². The van der Waals surface area contributed by atoms with E-state index in [0.29, 0.717) is 5.88 Å². The van der Waals surface area contributed by atoms with Crippen LogP contribution in [0.5, 0.6) is 5.88 Å². The van der Waals surface area contributed by atoms with E-state index in [1.54, 1.807) is 7.11 Å². The standard InChI is InChI=1S/C10H18N4O/c1-11-5-4-6-14(2)9-7-10(15-3)13-8-12-9/h7-8,11H,4-6H2,1-3H3. The summed E-state index contributed by atoms with van der Waals surface area (Å²) in [6.45, 7) is 1.97. The quantitative estimate of drug-likeness (QED) is 0.694. The lowest BCUT2D eigenvalue weighted by atomic mass is 10.4. The molecule has 0 atom stereocenters. The molecule has 1 aromatic heterocycles. The Morgan fingerprint density at radius 2 is 2.27 bits per heavy atom. The SMILES string of the molecule is CNCCCN(C)c1cc(OC)ncn1. The lowest BCUT2D eigenvalue weighted by Crippen LogP contribution is -2.23. The normalized spacial score (nSPS) is 10.1. The summed E-state index contributed by atoms with van der Waals surface area (Å²) in [5, 5.41) is 3.11. The highest BCUT2D eigenvalue weighted by atomic mass is 16.5. The second kappa shape index (κ2) is 6.19. The van der Waals surface area contributed by atoms with Crippen LogP contribution in [0.1, 0.15) is 6.42 Å². The maximum atomic E-state index is 5.04. The van der Waals surface area contributed by atoms with Crippen LogP contribution in [-0.4, -0.2) is 44.3 Å². The van der Waals surface area contributed by atoms with Gasteiger partial charge in [0.1, 0.15) is 12.1 Å². The highest BCUT2D eigenvalue weighted by Crippen LogP contribution is 2.13. The van der Waals surface area contributed by atoms with Gasteiger partial charge in [0.15, 0.2) is 0 Å². The van der Waals surface area contributed by atoms with Crippen molar-refractivity contribution < 1.29 is 4.74 Å². The van der Waals surface area contributed by atoms with E-state index in [4.69, 9.17) is 4.74 Å². The maximum absolute atomic E-state index is 5.04. The number of hydrogen-bond donors (Lipinski definition) is 1. The smallest absolute Gasteiger partial charge is 0.218 e. The fourth-order valence-electron chi connectivity index (χ4n) is 1.26. The molecule has 0 aliphatic heterocycles. The number of hydrogen-bond acceptors (Lipinski definition) is 5. The number of aromatic nitrogens is 2. The molecule has 0 saturated carbocycles. The Morgan fingerprint density at radius 1 is 1.47 bits per heavy atom. The van der Waals surface area contributed by atoms with Crippen LogP contribution in [0.3, 0.4) is 0 Å². The molecule has 1 heterocycles. The van der Waals surface area contributed by atoms with Crippen molar-refractivity contribution in [3.8, 4) is 5.88 Å². The van der Waals surface area contributed by atoms with Crippen LogP contribution < -0.4 is 15.0 Å². The molecule has 0 unspecified atom stereocenters. The van der Waals surface area contributed by atoms with Gasteiger partial charge in [0.05, 0.1) is 7.11 Å². The largest absolute Gasteiger partial charge is 0.481 e. The van der Waals surface area contributed by atoms with E-state index in [1.165, 1.54) is 6.33 Å². The van der Waals surface area contributed by atoms with Gasteiger partial charge in [-0.1, -0.05) is 0 Å². The molecule has 5 nitrogen and oxygen atoms in total. The first-order valence-corrected chi connectivity index (χ1v) is 4.99. The minimum absolute atomic E-state index is 0.598. The molecular weight excluding hydrogens is 192 g/mol. The highest BCUT2D eigenvalue weighted by Gasteiger charge is 2.03. The number of nitrogens with one attached hydrogen (secondary N) is 1. The zero-order valence-corrected chi connectivity index (χ0v) is 9.53. The summed E-state index contributed by atoms with van der Waals surface area (Å²) >= 11 is 0. The summed E-state index contributed by atoms with van der Waals surface area (Å²) in [4.78, 5) is 10.2. The summed E-state index contributed by atoms with van der Waals surface area (Å²) in [6, 6.07) is 1.83. The topological polar surface area (TPSA) is 50.3 Å². The third-order valence-corrected chi connectivity index (χ3v) is 2.15. The average molecular weight is 210 g/mol. The Hall–Kier alpha value is -1.36. The summed E-state index contributed by atoms with van der Waals surface area (Å²) in [5.41, 5.74) is 0. The van der Waals surface area contributed by atoms with E-state index >= 15 is 0 Å². The van der Waals surface area contributed by atoms with Crippen LogP contribution in [0.15, 0.2) is 12.4 Å². The highest BCUT2D eigenvalue weighted by molar-refractivity contribution is 5.39. The van der Waals surface area contributed by atoms with Crippen molar-refractivity contribution in [3.05, 3.63) is 12.4 Å². The molecule has 5 heteroatoms. The van der Waals surface area contributed by atoms with Crippen molar-refractivity contribution in [2.24, 2.45) is 0 Å². The van der Waals surface area contributed by atoms with Crippen molar-refractivity contribution in [1.29, 1.82) is 0 Å². The molecule has 0 aromatic carbocycles. The second-order valence-electron chi connectivity index (χ2n) is 3.30. The summed E-state index contributed by atoms with van der Waals surface area (Å²) < 4.78 is 5.04. The first kappa shape index (κ1) is 11.7. The van der Waals surface area contributed by atoms with Gasteiger partial charge in [-0.05, 0) is 20.0 Å². The van der Waals surface area contributed by atoms with Crippen molar-refractivity contribution in [2.45, 2.75) is 6.42 Å². The molecule has 84 valence electrons. The summed E-state index contributed by atoms with van der Waals surface area (Å²) in [6.07, 6.45) is 2.60. The third kappa shape index (κ3) is 3.71. The number of nitrogens with zero attached hydrogens (tertiary/aromatic N) is 3. The van der Waals surface area contributed by atoms with Gasteiger partial charge < -0.3 is 15.0 Å². The Bertz CT molecular complexity index is 293. The molecule has 0 fully saturated rings. The Balaban J connectivity index is 2.52. The van der Waals surface area contributed by atoms with Crippen LogP contribution in [0, 0.1) is 0 Å². The molecule has 0 aliphatic carbocycles. The van der Waals surface area contributed by atoms with E-state index in [-0.39, 0.29) is 0 Å². The lowest BCUT2D eigenvalue weighted by molar-refractivity contribution is 0.397. The van der Waals surface area contributed by atoms with Gasteiger partial charge in [-0.25, -0.2) is 9.97 Å². The zero-order chi connectivity index (χ0) is 11.1. The van der Waals surface area contributed by atoms with Crippen molar-refractivity contribution in [2.75, 3.05) is 39.2 Å². The Kier molecular flexibility index (Phi) is 4.83. The average Bonchev–Trinajstić information content (AvgIpc) is 2.29. The van der Waals surface area contributed by atoms with Gasteiger partial charge in [0.25, 0.3) is 0 Å². The number of anilines is 1. The van der Waals surface area contributed by atoms with E-state index in [9.17, 15) is 0 Å². The monoisotopic (exact) mass is 210 g/mol. The predicted octanol–water partition coefficient (Wildman–Crippen LogP) is 0.531. The van der Waals surface area contributed by atoms with Crippen molar-refractivity contribution in [3.63, 3.8) is 0 Å². The van der Waals surface area contributed by atoms with E-state index < -0.39 is 0 Å². The molecule has 0 bridgehead atoms. The van der Waals surface area contributed by atoms with E-state index in [0.717, 1.165) is 25.3 Å². The fourth-order valence-corrected chi connectivity index (χ4v) is 1.26. The van der Waals surface area contributed by atoms with Crippen LogP contribution in [0.25, 0.3) is 0 Å². The van der Waals surface area contributed by atoms with Gasteiger partial charge in [-0.15, -0.1) is 0 Å². The van der Waals surface area contributed by atoms with E-state index in [1.807, 2.05) is 20.2 Å². The minimum Gasteiger partial charge on any atom is -0.481 e. The van der Waals surface area contributed by atoms with Gasteiger partial charge in [0, 0.05) is 19.7 Å². The van der Waals surface area contributed by atoms with Crippen LogP contribution in [-0.2, 0) is 0 Å². The fraction of sp³-hybridized carbons (Fsp3) is 0.600. The summed E-state index contributed by atoms with van der Waals surface area (Å²) in [7, 11) is 5.57. The molecule has 0 aliphatic rings. The van der Waals surface area contributed by atoms with Gasteiger partial charge in [-0.3, -0.25) is 0 Å². The third-order valence-electron chi connectivity index (χ3n) is 2.15. The lowest BCUT2D eigenvalue weighted by Gasteiger charge is -2.17. The molecule has 15 heavy (non-hydrogen) atoms. The minimum atomic E-state index is 0.598. The molecule has 1 N–H and O–H groups in total. The number of methoxy groups -OCH3 is 1. The molecule has 1 rings (SSSR count). The Morgan fingerprint density at radius 3 is 2.93 bits per heavy atom.